The molecule has 2 aromatic carbocycles. The number of carbonyl (C=O) groups excluding carboxylic acids is 2. The van der Waals surface area contributed by atoms with Crippen molar-refractivity contribution in [3.05, 3.63) is 72.1 Å². The number of hydrogen-bond donors (Lipinski definition) is 1. The zero-order valence-electron chi connectivity index (χ0n) is 18.7. The van der Waals surface area contributed by atoms with Gasteiger partial charge in [0.15, 0.2) is 5.16 Å². The molecule has 3 aromatic rings. The summed E-state index contributed by atoms with van der Waals surface area (Å²) in [7, 11) is 1.63. The number of thioether (sulfide) groups is 1. The van der Waals surface area contributed by atoms with Crippen LogP contribution in [0, 0.1) is 0 Å². The summed E-state index contributed by atoms with van der Waals surface area (Å²) < 4.78 is 7.14. The maximum atomic E-state index is 12.6. The van der Waals surface area contributed by atoms with Crippen molar-refractivity contribution >= 4 is 23.6 Å². The van der Waals surface area contributed by atoms with E-state index in [4.69, 9.17) is 4.74 Å². The molecule has 2 heterocycles. The van der Waals surface area contributed by atoms with Crippen LogP contribution >= 0.6 is 11.8 Å². The van der Waals surface area contributed by atoms with Gasteiger partial charge in [-0.2, -0.15) is 0 Å². The molecule has 0 unspecified atom stereocenters. The van der Waals surface area contributed by atoms with E-state index in [-0.39, 0.29) is 17.6 Å². The van der Waals surface area contributed by atoms with Gasteiger partial charge >= 0.3 is 0 Å². The molecule has 33 heavy (non-hydrogen) atoms. The normalized spacial score (nSPS) is 13.5. The fourth-order valence-corrected chi connectivity index (χ4v) is 4.57. The summed E-state index contributed by atoms with van der Waals surface area (Å²) in [6.45, 7) is 2.10. The second kappa shape index (κ2) is 11.0. The van der Waals surface area contributed by atoms with Crippen molar-refractivity contribution in [2.45, 2.75) is 31.0 Å². The Hall–Kier alpha value is -3.26. The smallest absolute Gasteiger partial charge is 0.253 e. The van der Waals surface area contributed by atoms with Crippen LogP contribution in [0.1, 0.15) is 35.2 Å². The van der Waals surface area contributed by atoms with E-state index in [0.29, 0.717) is 12.1 Å². The molecule has 0 atom stereocenters. The second-order valence-corrected chi connectivity index (χ2v) is 8.84. The van der Waals surface area contributed by atoms with E-state index in [9.17, 15) is 9.59 Å². The van der Waals surface area contributed by atoms with Gasteiger partial charge in [-0.3, -0.25) is 14.2 Å². The topological polar surface area (TPSA) is 76.5 Å². The highest BCUT2D eigenvalue weighted by Gasteiger charge is 2.18. The van der Waals surface area contributed by atoms with E-state index in [1.165, 1.54) is 18.2 Å². The highest BCUT2D eigenvalue weighted by molar-refractivity contribution is 7.99. The molecule has 172 valence electrons. The van der Waals surface area contributed by atoms with Gasteiger partial charge in [0.25, 0.3) is 5.91 Å². The Morgan fingerprint density at radius 3 is 2.45 bits per heavy atom. The Morgan fingerprint density at radius 1 is 1.03 bits per heavy atom. The zero-order valence-corrected chi connectivity index (χ0v) is 19.5. The summed E-state index contributed by atoms with van der Waals surface area (Å²) in [5, 5.41) is 3.69. The Kier molecular flexibility index (Phi) is 7.67. The first-order valence-electron chi connectivity index (χ1n) is 11.1. The van der Waals surface area contributed by atoms with Crippen molar-refractivity contribution in [1.82, 2.24) is 19.8 Å². The number of rotatable bonds is 8. The van der Waals surface area contributed by atoms with Gasteiger partial charge in [-0.05, 0) is 61.2 Å². The molecular formula is C25H28N4O3S. The zero-order chi connectivity index (χ0) is 23.0. The van der Waals surface area contributed by atoms with Crippen LogP contribution in [-0.4, -0.2) is 52.2 Å². The lowest BCUT2D eigenvalue weighted by Gasteiger charge is -2.26. The van der Waals surface area contributed by atoms with Crippen molar-refractivity contribution in [3.8, 4) is 11.4 Å². The van der Waals surface area contributed by atoms with Gasteiger partial charge in [0.05, 0.1) is 12.9 Å². The number of carbonyl (C=O) groups is 2. The van der Waals surface area contributed by atoms with Crippen molar-refractivity contribution in [2.24, 2.45) is 0 Å². The van der Waals surface area contributed by atoms with Crippen LogP contribution in [0.15, 0.2) is 66.1 Å². The molecule has 1 aliphatic rings. The highest BCUT2D eigenvalue weighted by Crippen LogP contribution is 2.22. The number of hydrogen-bond acceptors (Lipinski definition) is 5. The van der Waals surface area contributed by atoms with E-state index < -0.39 is 0 Å². The Labute approximate surface area is 198 Å². The molecule has 1 aliphatic heterocycles. The third-order valence-corrected chi connectivity index (χ3v) is 6.59. The van der Waals surface area contributed by atoms with Gasteiger partial charge < -0.3 is 15.0 Å². The van der Waals surface area contributed by atoms with Gasteiger partial charge in [0.2, 0.25) is 5.91 Å². The molecule has 0 saturated carbocycles. The molecule has 0 spiro atoms. The average Bonchev–Trinajstić information content (AvgIpc) is 3.35. The molecule has 8 heteroatoms. The minimum Gasteiger partial charge on any atom is -0.497 e. The molecule has 1 fully saturated rings. The molecule has 0 aliphatic carbocycles. The van der Waals surface area contributed by atoms with Gasteiger partial charge in [-0.25, -0.2) is 4.98 Å². The van der Waals surface area contributed by atoms with E-state index in [1.807, 2.05) is 64.2 Å². The predicted molar refractivity (Wildman–Crippen MR) is 129 cm³/mol. The van der Waals surface area contributed by atoms with Crippen LogP contribution in [0.4, 0.5) is 0 Å². The minimum atomic E-state index is -0.0715. The van der Waals surface area contributed by atoms with Gasteiger partial charge in [-0.1, -0.05) is 23.9 Å². The summed E-state index contributed by atoms with van der Waals surface area (Å²) in [6, 6.07) is 15.2. The first-order valence-corrected chi connectivity index (χ1v) is 12.1. The number of piperidine rings is 1. The van der Waals surface area contributed by atoms with E-state index in [0.717, 1.165) is 48.1 Å². The van der Waals surface area contributed by atoms with Crippen molar-refractivity contribution in [1.29, 1.82) is 0 Å². The molecule has 7 nitrogen and oxygen atoms in total. The number of amides is 2. The number of aromatic nitrogens is 2. The maximum Gasteiger partial charge on any atom is 0.253 e. The SMILES string of the molecule is COc1ccc(-n2ccnc2SCC(=O)NCc2ccc(C(=O)N3CCCCC3)cc2)cc1. The maximum absolute atomic E-state index is 12.6. The largest absolute Gasteiger partial charge is 0.497 e. The number of nitrogens with one attached hydrogen (secondary N) is 1. The van der Waals surface area contributed by atoms with Crippen LogP contribution in [0.3, 0.4) is 0 Å². The highest BCUT2D eigenvalue weighted by atomic mass is 32.2. The molecule has 0 radical (unpaired) electrons. The fraction of sp³-hybridized carbons (Fsp3) is 0.320. The monoisotopic (exact) mass is 464 g/mol. The number of benzene rings is 2. The number of ether oxygens (including phenoxy) is 1. The molecule has 2 amide bonds. The van der Waals surface area contributed by atoms with E-state index in [2.05, 4.69) is 10.3 Å². The third kappa shape index (κ3) is 5.96. The molecule has 1 N–H and O–H groups in total. The van der Waals surface area contributed by atoms with E-state index >= 15 is 0 Å². The summed E-state index contributed by atoms with van der Waals surface area (Å²) in [5.41, 5.74) is 2.62. The molecule has 1 saturated heterocycles. The lowest BCUT2D eigenvalue weighted by atomic mass is 10.1. The fourth-order valence-electron chi connectivity index (χ4n) is 3.76. The van der Waals surface area contributed by atoms with Crippen molar-refractivity contribution in [3.63, 3.8) is 0 Å². The molecule has 4 rings (SSSR count). The molecule has 0 bridgehead atoms. The quantitative estimate of drug-likeness (QED) is 0.512. The number of imidazole rings is 1. The van der Waals surface area contributed by atoms with Crippen LogP contribution < -0.4 is 10.1 Å². The standard InChI is InChI=1S/C25H28N4O3S/c1-32-22-11-9-21(10-12-22)29-16-13-26-25(29)33-18-23(30)27-17-19-5-7-20(8-6-19)24(31)28-14-3-2-4-15-28/h5-13,16H,2-4,14-15,17-18H2,1H3,(H,27,30). The summed E-state index contributed by atoms with van der Waals surface area (Å²) >= 11 is 1.38. The lowest BCUT2D eigenvalue weighted by molar-refractivity contribution is -0.118. The summed E-state index contributed by atoms with van der Waals surface area (Å²) in [6.07, 6.45) is 6.94. The number of nitrogens with zero attached hydrogens (tertiary/aromatic N) is 3. The van der Waals surface area contributed by atoms with Crippen LogP contribution in [-0.2, 0) is 11.3 Å². The van der Waals surface area contributed by atoms with Gasteiger partial charge in [0.1, 0.15) is 5.75 Å². The summed E-state index contributed by atoms with van der Waals surface area (Å²) in [5.74, 6) is 1.07. The molecule has 1 aromatic heterocycles. The first-order chi connectivity index (χ1) is 16.1. The lowest BCUT2D eigenvalue weighted by Crippen LogP contribution is -2.35. The Bertz CT molecular complexity index is 1070. The van der Waals surface area contributed by atoms with Crippen LogP contribution in [0.2, 0.25) is 0 Å². The van der Waals surface area contributed by atoms with Gasteiger partial charge in [0, 0.05) is 43.3 Å². The third-order valence-electron chi connectivity index (χ3n) is 5.62. The summed E-state index contributed by atoms with van der Waals surface area (Å²) in [4.78, 5) is 31.2. The number of likely N-dealkylation sites (tertiary alicyclic amines) is 1. The predicted octanol–water partition coefficient (Wildman–Crippen LogP) is 3.92. The average molecular weight is 465 g/mol. The Morgan fingerprint density at radius 2 is 1.76 bits per heavy atom. The van der Waals surface area contributed by atoms with Crippen molar-refractivity contribution < 1.29 is 14.3 Å². The molecular weight excluding hydrogens is 436 g/mol. The van der Waals surface area contributed by atoms with Crippen molar-refractivity contribution in [2.75, 3.05) is 26.0 Å². The minimum absolute atomic E-state index is 0.0715. The van der Waals surface area contributed by atoms with Crippen LogP contribution in [0.5, 0.6) is 5.75 Å². The van der Waals surface area contributed by atoms with Crippen LogP contribution in [0.25, 0.3) is 5.69 Å². The first kappa shape index (κ1) is 22.9. The second-order valence-electron chi connectivity index (χ2n) is 7.89. The van der Waals surface area contributed by atoms with Gasteiger partial charge in [-0.15, -0.1) is 0 Å². The Balaban J connectivity index is 1.26. The van der Waals surface area contributed by atoms with E-state index in [1.54, 1.807) is 13.3 Å². The number of methoxy groups -OCH3 is 1.